The Bertz CT molecular complexity index is 706. The molecule has 0 aliphatic carbocycles. The minimum Gasteiger partial charge on any atom is -0.436 e. The Morgan fingerprint density at radius 3 is 2.78 bits per heavy atom. The van der Waals surface area contributed by atoms with Crippen molar-refractivity contribution in [3.8, 4) is 11.5 Å². The number of hydrogen-bond acceptors (Lipinski definition) is 3. The van der Waals surface area contributed by atoms with Crippen LogP contribution < -0.4 is 5.32 Å². The summed E-state index contributed by atoms with van der Waals surface area (Å²) in [5, 5.41) is 3.70. The third-order valence-electron chi connectivity index (χ3n) is 2.78. The molecule has 0 aliphatic heterocycles. The van der Waals surface area contributed by atoms with Crippen LogP contribution in [0.1, 0.15) is 0 Å². The Morgan fingerprint density at radius 2 is 2.00 bits per heavy atom. The number of nitrogens with zero attached hydrogens (tertiary/aromatic N) is 1. The molecule has 90 valence electrons. The van der Waals surface area contributed by atoms with Gasteiger partial charge in [0.25, 0.3) is 0 Å². The molecule has 0 saturated carbocycles. The van der Waals surface area contributed by atoms with Crippen LogP contribution >= 0.6 is 11.6 Å². The molecule has 0 atom stereocenters. The Morgan fingerprint density at radius 1 is 1.17 bits per heavy atom. The highest BCUT2D eigenvalue weighted by Gasteiger charge is 2.11. The van der Waals surface area contributed by atoms with Crippen molar-refractivity contribution in [2.45, 2.75) is 0 Å². The van der Waals surface area contributed by atoms with Crippen LogP contribution in [0, 0.1) is 0 Å². The molecule has 3 aromatic rings. The molecule has 0 amide bonds. The van der Waals surface area contributed by atoms with Crippen molar-refractivity contribution >= 4 is 28.4 Å². The first kappa shape index (κ1) is 11.1. The van der Waals surface area contributed by atoms with Crippen LogP contribution in [0.15, 0.2) is 46.9 Å². The number of anilines is 1. The van der Waals surface area contributed by atoms with Gasteiger partial charge in [0.15, 0.2) is 5.58 Å². The van der Waals surface area contributed by atoms with Gasteiger partial charge >= 0.3 is 0 Å². The summed E-state index contributed by atoms with van der Waals surface area (Å²) in [5.41, 5.74) is 3.37. The molecular formula is C14H11ClN2O. The van der Waals surface area contributed by atoms with Crippen molar-refractivity contribution < 1.29 is 4.42 Å². The molecule has 0 fully saturated rings. The maximum Gasteiger partial charge on any atom is 0.228 e. The SMILES string of the molecule is CNc1ccc2nc(-c3ccccc3Cl)oc2c1. The monoisotopic (exact) mass is 258 g/mol. The quantitative estimate of drug-likeness (QED) is 0.749. The van der Waals surface area contributed by atoms with Gasteiger partial charge in [0.1, 0.15) is 5.52 Å². The average molecular weight is 259 g/mol. The van der Waals surface area contributed by atoms with E-state index < -0.39 is 0 Å². The number of oxazole rings is 1. The van der Waals surface area contributed by atoms with Gasteiger partial charge in [-0.3, -0.25) is 0 Å². The number of fused-ring (bicyclic) bond motifs is 1. The van der Waals surface area contributed by atoms with Crippen LogP contribution in [-0.2, 0) is 0 Å². The van der Waals surface area contributed by atoms with Gasteiger partial charge in [-0.25, -0.2) is 4.98 Å². The Balaban J connectivity index is 2.17. The predicted octanol–water partition coefficient (Wildman–Crippen LogP) is 4.19. The zero-order valence-electron chi connectivity index (χ0n) is 9.77. The average Bonchev–Trinajstić information content (AvgIpc) is 2.81. The van der Waals surface area contributed by atoms with Crippen LogP contribution in [0.5, 0.6) is 0 Å². The summed E-state index contributed by atoms with van der Waals surface area (Å²) in [7, 11) is 1.87. The van der Waals surface area contributed by atoms with E-state index >= 15 is 0 Å². The molecule has 0 bridgehead atoms. The molecule has 0 aliphatic rings. The van der Waals surface area contributed by atoms with Crippen LogP contribution in [0.25, 0.3) is 22.6 Å². The minimum atomic E-state index is 0.545. The van der Waals surface area contributed by atoms with E-state index in [9.17, 15) is 0 Å². The summed E-state index contributed by atoms with van der Waals surface area (Å²) in [5.74, 6) is 0.545. The number of rotatable bonds is 2. The van der Waals surface area contributed by atoms with Gasteiger partial charge < -0.3 is 9.73 Å². The molecule has 1 N–H and O–H groups in total. The molecule has 0 unspecified atom stereocenters. The lowest BCUT2D eigenvalue weighted by Gasteiger charge is -1.97. The molecule has 3 nitrogen and oxygen atoms in total. The van der Waals surface area contributed by atoms with Crippen molar-refractivity contribution in [2.75, 3.05) is 12.4 Å². The second-order valence-corrected chi connectivity index (χ2v) is 4.34. The summed E-state index contributed by atoms with van der Waals surface area (Å²) < 4.78 is 5.74. The normalized spacial score (nSPS) is 10.8. The second-order valence-electron chi connectivity index (χ2n) is 3.93. The van der Waals surface area contributed by atoms with Gasteiger partial charge in [0, 0.05) is 18.8 Å². The number of nitrogens with one attached hydrogen (secondary N) is 1. The number of aromatic nitrogens is 1. The third-order valence-corrected chi connectivity index (χ3v) is 3.11. The van der Waals surface area contributed by atoms with E-state index in [4.69, 9.17) is 16.0 Å². The third kappa shape index (κ3) is 1.83. The van der Waals surface area contributed by atoms with Gasteiger partial charge in [0.2, 0.25) is 5.89 Å². The molecule has 0 radical (unpaired) electrons. The van der Waals surface area contributed by atoms with E-state index in [-0.39, 0.29) is 0 Å². The molecule has 3 rings (SSSR count). The Kier molecular flexibility index (Phi) is 2.68. The fraction of sp³-hybridized carbons (Fsp3) is 0.0714. The summed E-state index contributed by atoms with van der Waals surface area (Å²) >= 11 is 6.13. The van der Waals surface area contributed by atoms with Crippen molar-refractivity contribution in [1.29, 1.82) is 0 Å². The van der Waals surface area contributed by atoms with Crippen LogP contribution in [0.4, 0.5) is 5.69 Å². The van der Waals surface area contributed by atoms with E-state index in [0.717, 1.165) is 22.4 Å². The summed E-state index contributed by atoms with van der Waals surface area (Å²) in [6.45, 7) is 0. The van der Waals surface area contributed by atoms with Crippen LogP contribution in [0.3, 0.4) is 0 Å². The molecule has 2 aromatic carbocycles. The highest BCUT2D eigenvalue weighted by molar-refractivity contribution is 6.33. The highest BCUT2D eigenvalue weighted by Crippen LogP contribution is 2.30. The van der Waals surface area contributed by atoms with Crippen LogP contribution in [-0.4, -0.2) is 12.0 Å². The standard InChI is InChI=1S/C14H11ClN2O/c1-16-9-6-7-12-13(8-9)18-14(17-12)10-4-2-3-5-11(10)15/h2-8,16H,1H3. The second kappa shape index (κ2) is 4.35. The molecule has 18 heavy (non-hydrogen) atoms. The van der Waals surface area contributed by atoms with E-state index in [2.05, 4.69) is 10.3 Å². The number of halogens is 1. The number of hydrogen-bond donors (Lipinski definition) is 1. The van der Waals surface area contributed by atoms with Gasteiger partial charge in [-0.2, -0.15) is 0 Å². The lowest BCUT2D eigenvalue weighted by atomic mass is 10.2. The lowest BCUT2D eigenvalue weighted by molar-refractivity contribution is 0.620. The molecule has 4 heteroatoms. The fourth-order valence-electron chi connectivity index (χ4n) is 1.83. The maximum atomic E-state index is 6.13. The maximum absolute atomic E-state index is 6.13. The van der Waals surface area contributed by atoms with Crippen molar-refractivity contribution in [3.63, 3.8) is 0 Å². The summed E-state index contributed by atoms with van der Waals surface area (Å²) in [4.78, 5) is 4.44. The summed E-state index contributed by atoms with van der Waals surface area (Å²) in [6.07, 6.45) is 0. The number of benzene rings is 2. The zero-order valence-corrected chi connectivity index (χ0v) is 10.5. The van der Waals surface area contributed by atoms with Crippen LogP contribution in [0.2, 0.25) is 5.02 Å². The Hall–Kier alpha value is -2.00. The van der Waals surface area contributed by atoms with Crippen molar-refractivity contribution in [2.24, 2.45) is 0 Å². The molecule has 1 heterocycles. The zero-order chi connectivity index (χ0) is 12.5. The summed E-state index contributed by atoms with van der Waals surface area (Å²) in [6, 6.07) is 13.3. The minimum absolute atomic E-state index is 0.545. The molecule has 1 aromatic heterocycles. The topological polar surface area (TPSA) is 38.1 Å². The largest absolute Gasteiger partial charge is 0.436 e. The first-order valence-corrected chi connectivity index (χ1v) is 5.99. The smallest absolute Gasteiger partial charge is 0.228 e. The van der Waals surface area contributed by atoms with Crippen molar-refractivity contribution in [3.05, 3.63) is 47.5 Å². The van der Waals surface area contributed by atoms with Gasteiger partial charge in [-0.1, -0.05) is 23.7 Å². The van der Waals surface area contributed by atoms with Gasteiger partial charge in [0.05, 0.1) is 10.6 Å². The lowest BCUT2D eigenvalue weighted by Crippen LogP contribution is -1.85. The van der Waals surface area contributed by atoms with Gasteiger partial charge in [-0.15, -0.1) is 0 Å². The van der Waals surface area contributed by atoms with E-state index in [1.807, 2.05) is 49.5 Å². The van der Waals surface area contributed by atoms with Gasteiger partial charge in [-0.05, 0) is 24.3 Å². The first-order chi connectivity index (χ1) is 8.78. The van der Waals surface area contributed by atoms with E-state index in [1.165, 1.54) is 0 Å². The molecule has 0 saturated heterocycles. The predicted molar refractivity (Wildman–Crippen MR) is 74.0 cm³/mol. The van der Waals surface area contributed by atoms with E-state index in [0.29, 0.717) is 10.9 Å². The highest BCUT2D eigenvalue weighted by atomic mass is 35.5. The first-order valence-electron chi connectivity index (χ1n) is 5.61. The molecular weight excluding hydrogens is 248 g/mol. The fourth-order valence-corrected chi connectivity index (χ4v) is 2.05. The van der Waals surface area contributed by atoms with E-state index in [1.54, 1.807) is 0 Å². The Labute approximate surface area is 109 Å². The molecule has 0 spiro atoms. The van der Waals surface area contributed by atoms with Crippen molar-refractivity contribution in [1.82, 2.24) is 4.98 Å².